The van der Waals surface area contributed by atoms with Crippen LogP contribution in [0.25, 0.3) is 21.9 Å². The highest BCUT2D eigenvalue weighted by Crippen LogP contribution is 2.23. The molecule has 1 aromatic heterocycles. The highest BCUT2D eigenvalue weighted by molar-refractivity contribution is 6.06. The quantitative estimate of drug-likeness (QED) is 0.721. The predicted molar refractivity (Wildman–Crippen MR) is 106 cm³/mol. The van der Waals surface area contributed by atoms with Crippen LogP contribution in [0, 0.1) is 0 Å². The van der Waals surface area contributed by atoms with E-state index in [9.17, 15) is 4.79 Å². The monoisotopic (exact) mass is 364 g/mol. The van der Waals surface area contributed by atoms with Crippen LogP contribution in [0.3, 0.4) is 0 Å². The summed E-state index contributed by atoms with van der Waals surface area (Å²) in [5.74, 6) is -0.478. The summed E-state index contributed by atoms with van der Waals surface area (Å²) in [6.07, 6.45) is 0. The molecule has 1 aliphatic heterocycles. The van der Waals surface area contributed by atoms with E-state index in [0.717, 1.165) is 49.1 Å². The van der Waals surface area contributed by atoms with E-state index in [4.69, 9.17) is 10.2 Å². The summed E-state index contributed by atoms with van der Waals surface area (Å²) >= 11 is 0. The van der Waals surface area contributed by atoms with E-state index >= 15 is 0 Å². The van der Waals surface area contributed by atoms with Gasteiger partial charge in [0.05, 0.1) is 16.3 Å². The molecular formula is C21H24N4O2. The Bertz CT molecular complexity index is 1080. The molecule has 2 heterocycles. The highest BCUT2D eigenvalue weighted by Gasteiger charge is 2.16. The number of carbonyl (C=O) groups excluding carboxylic acids is 1. The van der Waals surface area contributed by atoms with Gasteiger partial charge in [0.1, 0.15) is 11.2 Å². The molecule has 4 rings (SSSR count). The molecular weight excluding hydrogens is 340 g/mol. The number of carbonyl (C=O) groups is 1. The third-order valence-corrected chi connectivity index (χ3v) is 5.27. The summed E-state index contributed by atoms with van der Waals surface area (Å²) in [4.78, 5) is 21.2. The van der Waals surface area contributed by atoms with Crippen LogP contribution in [0.1, 0.15) is 15.9 Å². The first-order chi connectivity index (χ1) is 13.1. The number of hydrogen-bond donors (Lipinski definition) is 1. The minimum absolute atomic E-state index is 0.434. The number of piperazine rings is 1. The summed E-state index contributed by atoms with van der Waals surface area (Å²) in [6.45, 7) is 5.19. The third kappa shape index (κ3) is 3.34. The van der Waals surface area contributed by atoms with Crippen LogP contribution in [0.5, 0.6) is 0 Å². The first-order valence-corrected chi connectivity index (χ1v) is 9.19. The maximum atomic E-state index is 11.9. The molecule has 1 amide bonds. The molecule has 0 saturated carbocycles. The van der Waals surface area contributed by atoms with Gasteiger partial charge in [-0.1, -0.05) is 12.1 Å². The van der Waals surface area contributed by atoms with Crippen LogP contribution in [-0.4, -0.2) is 56.0 Å². The Kier molecular flexibility index (Phi) is 4.68. The fourth-order valence-electron chi connectivity index (χ4n) is 3.76. The molecule has 0 radical (unpaired) electrons. The van der Waals surface area contributed by atoms with Crippen molar-refractivity contribution in [1.82, 2.24) is 9.80 Å². The van der Waals surface area contributed by atoms with E-state index in [2.05, 4.69) is 34.0 Å². The normalized spacial score (nSPS) is 17.0. The predicted octanol–water partition coefficient (Wildman–Crippen LogP) is 1.96. The molecule has 140 valence electrons. The number of likely N-dealkylation sites (N-methyl/N-ethyl adjacent to an activating group) is 1. The first kappa shape index (κ1) is 17.7. The third-order valence-electron chi connectivity index (χ3n) is 5.27. The summed E-state index contributed by atoms with van der Waals surface area (Å²) in [5.41, 5.74) is 8.60. The lowest BCUT2D eigenvalue weighted by molar-refractivity contribution is 0.100. The second-order valence-corrected chi connectivity index (χ2v) is 7.13. The van der Waals surface area contributed by atoms with Crippen LogP contribution in [0.15, 0.2) is 45.8 Å². The van der Waals surface area contributed by atoms with E-state index < -0.39 is 5.91 Å². The van der Waals surface area contributed by atoms with E-state index in [1.807, 2.05) is 12.1 Å². The van der Waals surface area contributed by atoms with E-state index in [1.165, 1.54) is 5.56 Å². The van der Waals surface area contributed by atoms with Gasteiger partial charge in [-0.2, -0.15) is 0 Å². The van der Waals surface area contributed by atoms with Crippen molar-refractivity contribution in [2.24, 2.45) is 10.7 Å². The lowest BCUT2D eigenvalue weighted by Gasteiger charge is -2.32. The van der Waals surface area contributed by atoms with Crippen molar-refractivity contribution in [3.63, 3.8) is 0 Å². The van der Waals surface area contributed by atoms with Crippen molar-refractivity contribution in [2.75, 3.05) is 40.3 Å². The second kappa shape index (κ2) is 7.13. The zero-order chi connectivity index (χ0) is 19.0. The summed E-state index contributed by atoms with van der Waals surface area (Å²) in [7, 11) is 3.89. The topological polar surface area (TPSA) is 75.1 Å². The van der Waals surface area contributed by atoms with Gasteiger partial charge in [0.15, 0.2) is 0 Å². The smallest absolute Gasteiger partial charge is 0.249 e. The average Bonchev–Trinajstić information content (AvgIpc) is 2.67. The molecule has 1 saturated heterocycles. The Balaban J connectivity index is 1.84. The Hall–Kier alpha value is -2.70. The standard InChI is InChI=1S/C21H24N4O2/c1-23-20-16-12-14(13-25-10-8-24(2)9-11-25)6-7-17(16)27-18-5-3-4-15(19(18)20)21(22)26/h3-7,12H,8-11,13H2,1-2H3,(H2,22,26). The van der Waals surface area contributed by atoms with Gasteiger partial charge in [0, 0.05) is 45.2 Å². The van der Waals surface area contributed by atoms with Crippen molar-refractivity contribution >= 4 is 27.8 Å². The number of nitrogens with two attached hydrogens (primary N) is 1. The van der Waals surface area contributed by atoms with Crippen molar-refractivity contribution in [3.05, 3.63) is 52.9 Å². The zero-order valence-corrected chi connectivity index (χ0v) is 15.7. The average molecular weight is 364 g/mol. The van der Waals surface area contributed by atoms with Gasteiger partial charge in [-0.3, -0.25) is 14.7 Å². The molecule has 0 unspecified atom stereocenters. The molecule has 0 atom stereocenters. The Morgan fingerprint density at radius 3 is 2.63 bits per heavy atom. The summed E-state index contributed by atoms with van der Waals surface area (Å²) < 4.78 is 6.05. The molecule has 2 aromatic carbocycles. The molecule has 0 bridgehead atoms. The van der Waals surface area contributed by atoms with Crippen molar-refractivity contribution < 1.29 is 9.21 Å². The van der Waals surface area contributed by atoms with Crippen LogP contribution in [0.2, 0.25) is 0 Å². The van der Waals surface area contributed by atoms with Gasteiger partial charge in [-0.05, 0) is 36.9 Å². The molecule has 0 aliphatic carbocycles. The highest BCUT2D eigenvalue weighted by atomic mass is 16.3. The maximum absolute atomic E-state index is 11.9. The molecule has 2 N–H and O–H groups in total. The minimum Gasteiger partial charge on any atom is -0.456 e. The zero-order valence-electron chi connectivity index (χ0n) is 15.7. The molecule has 1 aliphatic rings. The SMILES string of the molecule is CN=c1c2cc(CN3CCN(C)CC3)ccc2oc2cccc(C(N)=O)c12. The fraction of sp³-hybridized carbons (Fsp3) is 0.333. The lowest BCUT2D eigenvalue weighted by atomic mass is 10.0. The number of hydrogen-bond acceptors (Lipinski definition) is 5. The largest absolute Gasteiger partial charge is 0.456 e. The molecule has 3 aromatic rings. The molecule has 0 spiro atoms. The molecule has 6 nitrogen and oxygen atoms in total. The molecule has 6 heteroatoms. The number of fused-ring (bicyclic) bond motifs is 2. The van der Waals surface area contributed by atoms with Gasteiger partial charge in [-0.25, -0.2) is 0 Å². The fourth-order valence-corrected chi connectivity index (χ4v) is 3.76. The van der Waals surface area contributed by atoms with Crippen LogP contribution >= 0.6 is 0 Å². The number of nitrogens with zero attached hydrogens (tertiary/aromatic N) is 3. The summed E-state index contributed by atoms with van der Waals surface area (Å²) in [6, 6.07) is 11.6. The van der Waals surface area contributed by atoms with E-state index in [0.29, 0.717) is 16.5 Å². The number of primary amides is 1. The van der Waals surface area contributed by atoms with Crippen molar-refractivity contribution in [2.45, 2.75) is 6.54 Å². The summed E-state index contributed by atoms with van der Waals surface area (Å²) in [5, 5.41) is 2.34. The van der Waals surface area contributed by atoms with Crippen LogP contribution in [-0.2, 0) is 6.54 Å². The lowest BCUT2D eigenvalue weighted by Crippen LogP contribution is -2.43. The van der Waals surface area contributed by atoms with Gasteiger partial charge < -0.3 is 15.1 Å². The van der Waals surface area contributed by atoms with Gasteiger partial charge >= 0.3 is 0 Å². The molecule has 27 heavy (non-hydrogen) atoms. The van der Waals surface area contributed by atoms with Gasteiger partial charge in [-0.15, -0.1) is 0 Å². The van der Waals surface area contributed by atoms with Crippen molar-refractivity contribution in [3.8, 4) is 0 Å². The van der Waals surface area contributed by atoms with Gasteiger partial charge in [0.25, 0.3) is 0 Å². The van der Waals surface area contributed by atoms with Gasteiger partial charge in [0.2, 0.25) is 5.91 Å². The Morgan fingerprint density at radius 2 is 1.93 bits per heavy atom. The maximum Gasteiger partial charge on any atom is 0.249 e. The van der Waals surface area contributed by atoms with Crippen LogP contribution in [0.4, 0.5) is 0 Å². The van der Waals surface area contributed by atoms with Crippen molar-refractivity contribution in [1.29, 1.82) is 0 Å². The second-order valence-electron chi connectivity index (χ2n) is 7.13. The minimum atomic E-state index is -0.478. The van der Waals surface area contributed by atoms with E-state index in [1.54, 1.807) is 19.2 Å². The number of amides is 1. The van der Waals surface area contributed by atoms with E-state index in [-0.39, 0.29) is 0 Å². The number of rotatable bonds is 3. The van der Waals surface area contributed by atoms with Crippen LogP contribution < -0.4 is 11.1 Å². The number of benzene rings is 2. The Morgan fingerprint density at radius 1 is 1.15 bits per heavy atom. The molecule has 1 fully saturated rings. The first-order valence-electron chi connectivity index (χ1n) is 9.19. The Labute approximate surface area is 157 Å².